The number of hydrogen-bond donors (Lipinski definition) is 1. The third-order valence-electron chi connectivity index (χ3n) is 7.55. The Morgan fingerprint density at radius 3 is 2.50 bits per heavy atom. The normalized spacial score (nSPS) is 15.7. The van der Waals surface area contributed by atoms with Gasteiger partial charge < -0.3 is 14.8 Å². The first-order valence-corrected chi connectivity index (χ1v) is 13.3. The van der Waals surface area contributed by atoms with E-state index in [1.165, 1.54) is 16.9 Å². The number of aliphatic imine (C=N–C) groups is 1. The molecule has 0 saturated carbocycles. The van der Waals surface area contributed by atoms with Crippen molar-refractivity contribution in [2.45, 2.75) is 13.0 Å². The van der Waals surface area contributed by atoms with Crippen LogP contribution in [0.15, 0.2) is 88.7 Å². The van der Waals surface area contributed by atoms with Gasteiger partial charge in [0.25, 0.3) is 5.56 Å². The van der Waals surface area contributed by atoms with E-state index < -0.39 is 0 Å². The molecule has 2 aromatic rings. The van der Waals surface area contributed by atoms with Gasteiger partial charge in [0.05, 0.1) is 17.0 Å². The van der Waals surface area contributed by atoms with Crippen molar-refractivity contribution in [1.82, 2.24) is 9.88 Å². The van der Waals surface area contributed by atoms with Gasteiger partial charge in [0, 0.05) is 75.9 Å². The van der Waals surface area contributed by atoms with Gasteiger partial charge in [-0.25, -0.2) is 0 Å². The molecule has 3 aliphatic heterocycles. The van der Waals surface area contributed by atoms with Crippen molar-refractivity contribution < 1.29 is 0 Å². The molecular formula is C32H33N5O. The highest BCUT2D eigenvalue weighted by atomic mass is 16.1. The zero-order valence-electron chi connectivity index (χ0n) is 22.0. The minimum atomic E-state index is -0.0783. The van der Waals surface area contributed by atoms with Gasteiger partial charge in [-0.1, -0.05) is 54.6 Å². The number of anilines is 2. The molecule has 6 nitrogen and oxygen atoms in total. The minimum Gasteiger partial charge on any atom is -0.378 e. The maximum atomic E-state index is 12.9. The van der Waals surface area contributed by atoms with E-state index in [0.29, 0.717) is 12.0 Å². The topological polar surface area (TPSA) is 54.9 Å². The molecule has 0 radical (unpaired) electrons. The van der Waals surface area contributed by atoms with Crippen molar-refractivity contribution in [3.05, 3.63) is 106 Å². The standard InChI is InChI=1S/C32H33N5O/c1-35(2)25-14-11-23(12-15-25)22-36-17-19-37(20-18-36)26-16-13-24-7-6-10-29(33-30(24)21-26)31-27-8-4-3-5-9-28(27)34-32(31)38/h3-9,11-16,21H,10,17-20,22H2,1-2H3,(H,34,38). The molecule has 1 N–H and O–H groups in total. The summed E-state index contributed by atoms with van der Waals surface area (Å²) in [5.41, 5.74) is 8.93. The summed E-state index contributed by atoms with van der Waals surface area (Å²) in [5.74, 6) is 0. The summed E-state index contributed by atoms with van der Waals surface area (Å²) in [5, 5.41) is 0. The first-order chi connectivity index (χ1) is 18.5. The van der Waals surface area contributed by atoms with Crippen molar-refractivity contribution in [2.75, 3.05) is 50.1 Å². The number of rotatable bonds is 5. The molecule has 2 aromatic carbocycles. The highest BCUT2D eigenvalue weighted by Crippen LogP contribution is 2.32. The number of aromatic amines is 1. The van der Waals surface area contributed by atoms with Gasteiger partial charge in [-0.15, -0.1) is 0 Å². The molecule has 0 spiro atoms. The fraction of sp³-hybridized carbons (Fsp3) is 0.250. The molecule has 1 saturated heterocycles. The second-order valence-corrected chi connectivity index (χ2v) is 10.3. The van der Waals surface area contributed by atoms with Crippen LogP contribution in [0, 0.1) is 0 Å². The molecule has 0 aromatic heterocycles. The van der Waals surface area contributed by atoms with E-state index in [-0.39, 0.29) is 5.56 Å². The summed E-state index contributed by atoms with van der Waals surface area (Å²) in [4.78, 5) is 28.1. The Morgan fingerprint density at radius 2 is 1.71 bits per heavy atom. The maximum Gasteiger partial charge on any atom is 0.258 e. The summed E-state index contributed by atoms with van der Waals surface area (Å²) >= 11 is 0. The number of benzene rings is 2. The van der Waals surface area contributed by atoms with Gasteiger partial charge in [-0.2, -0.15) is 0 Å². The zero-order chi connectivity index (χ0) is 26.1. The fourth-order valence-corrected chi connectivity index (χ4v) is 5.40. The number of H-pyrrole nitrogens is 1. The third-order valence-corrected chi connectivity index (χ3v) is 7.55. The molecule has 1 aliphatic carbocycles. The highest BCUT2D eigenvalue weighted by Gasteiger charge is 2.21. The van der Waals surface area contributed by atoms with Crippen LogP contribution >= 0.6 is 0 Å². The predicted octanol–water partition coefficient (Wildman–Crippen LogP) is 5.41. The van der Waals surface area contributed by atoms with Crippen LogP contribution in [0.4, 0.5) is 17.1 Å². The Hall–Kier alpha value is -4.16. The number of nitrogens with zero attached hydrogens (tertiary/aromatic N) is 4. The zero-order valence-corrected chi connectivity index (χ0v) is 22.0. The van der Waals surface area contributed by atoms with Crippen LogP contribution in [0.5, 0.6) is 0 Å². The predicted molar refractivity (Wildman–Crippen MR) is 158 cm³/mol. The Kier molecular flexibility index (Phi) is 6.56. The van der Waals surface area contributed by atoms with Crippen molar-refractivity contribution >= 4 is 28.8 Å². The van der Waals surface area contributed by atoms with Crippen molar-refractivity contribution in [1.29, 1.82) is 0 Å². The van der Waals surface area contributed by atoms with E-state index in [1.807, 2.05) is 30.3 Å². The van der Waals surface area contributed by atoms with E-state index in [2.05, 4.69) is 88.4 Å². The molecule has 38 heavy (non-hydrogen) atoms. The monoisotopic (exact) mass is 503 g/mol. The summed E-state index contributed by atoms with van der Waals surface area (Å²) < 4.78 is 0. The smallest absolute Gasteiger partial charge is 0.258 e. The van der Waals surface area contributed by atoms with Crippen LogP contribution in [0.2, 0.25) is 0 Å². The first-order valence-electron chi connectivity index (χ1n) is 13.3. The average molecular weight is 504 g/mol. The molecule has 0 bridgehead atoms. The minimum absolute atomic E-state index is 0.0783. The van der Waals surface area contributed by atoms with Crippen LogP contribution in [0.3, 0.4) is 0 Å². The Labute approximate surface area is 223 Å². The van der Waals surface area contributed by atoms with Gasteiger partial charge in [0.1, 0.15) is 0 Å². The van der Waals surface area contributed by atoms with Crippen LogP contribution in [0.25, 0.3) is 17.3 Å². The molecular weight excluding hydrogens is 470 g/mol. The first kappa shape index (κ1) is 24.2. The van der Waals surface area contributed by atoms with Crippen LogP contribution in [-0.2, 0) is 6.54 Å². The molecule has 192 valence electrons. The van der Waals surface area contributed by atoms with E-state index in [1.54, 1.807) is 0 Å². The lowest BCUT2D eigenvalue weighted by Crippen LogP contribution is -2.45. The third kappa shape index (κ3) is 4.87. The number of allylic oxidation sites excluding steroid dienone is 1. The summed E-state index contributed by atoms with van der Waals surface area (Å²) in [7, 11) is 4.14. The number of piperazine rings is 1. The molecule has 3 heterocycles. The van der Waals surface area contributed by atoms with E-state index >= 15 is 0 Å². The van der Waals surface area contributed by atoms with Crippen molar-refractivity contribution in [3.63, 3.8) is 0 Å². The van der Waals surface area contributed by atoms with Crippen molar-refractivity contribution in [2.24, 2.45) is 4.99 Å². The number of aromatic nitrogens is 1. The van der Waals surface area contributed by atoms with Gasteiger partial charge >= 0.3 is 0 Å². The second-order valence-electron chi connectivity index (χ2n) is 10.3. The van der Waals surface area contributed by atoms with Crippen LogP contribution in [0.1, 0.15) is 23.1 Å². The molecule has 4 aliphatic rings. The lowest BCUT2D eigenvalue weighted by Gasteiger charge is -2.36. The molecule has 0 amide bonds. The molecule has 0 unspecified atom stereocenters. The van der Waals surface area contributed by atoms with Gasteiger partial charge in [-0.3, -0.25) is 14.7 Å². The van der Waals surface area contributed by atoms with Crippen molar-refractivity contribution in [3.8, 4) is 11.3 Å². The average Bonchev–Trinajstić information content (AvgIpc) is 3.08. The van der Waals surface area contributed by atoms with E-state index in [0.717, 1.165) is 60.9 Å². The fourth-order valence-electron chi connectivity index (χ4n) is 5.40. The Bertz CT molecular complexity index is 1520. The summed E-state index contributed by atoms with van der Waals surface area (Å²) in [6, 6.07) is 25.2. The van der Waals surface area contributed by atoms with Gasteiger partial charge in [0.2, 0.25) is 0 Å². The quantitative estimate of drug-likeness (QED) is 0.396. The molecule has 6 rings (SSSR count). The van der Waals surface area contributed by atoms with Crippen LogP contribution < -0.4 is 15.4 Å². The van der Waals surface area contributed by atoms with Crippen LogP contribution in [-0.4, -0.2) is 55.9 Å². The SMILES string of the molecule is CN(C)c1ccc(CN2CCN(c3ccc4c(c3)N=C(c3c5cccccc-5[nH]c3=O)CC=C4)CC2)cc1. The molecule has 1 fully saturated rings. The number of fused-ring (bicyclic) bond motifs is 2. The second kappa shape index (κ2) is 10.3. The Balaban J connectivity index is 1.20. The van der Waals surface area contributed by atoms with Gasteiger partial charge in [-0.05, 0) is 41.5 Å². The van der Waals surface area contributed by atoms with Gasteiger partial charge in [0.15, 0.2) is 0 Å². The number of nitrogens with one attached hydrogen (secondary N) is 1. The summed E-state index contributed by atoms with van der Waals surface area (Å²) in [6.45, 7) is 4.97. The highest BCUT2D eigenvalue weighted by molar-refractivity contribution is 6.09. The lowest BCUT2D eigenvalue weighted by atomic mass is 10.0. The molecule has 6 heteroatoms. The lowest BCUT2D eigenvalue weighted by molar-refractivity contribution is 0.250. The molecule has 0 atom stereocenters. The largest absolute Gasteiger partial charge is 0.378 e. The Morgan fingerprint density at radius 1 is 0.921 bits per heavy atom. The summed E-state index contributed by atoms with van der Waals surface area (Å²) in [6.07, 6.45) is 4.85. The number of hydrogen-bond acceptors (Lipinski definition) is 5. The van der Waals surface area contributed by atoms with E-state index in [4.69, 9.17) is 4.99 Å². The van der Waals surface area contributed by atoms with E-state index in [9.17, 15) is 4.79 Å². The maximum absolute atomic E-state index is 12.9.